The summed E-state index contributed by atoms with van der Waals surface area (Å²) in [6.07, 6.45) is 0. The third-order valence-electron chi connectivity index (χ3n) is 3.60. The second-order valence-corrected chi connectivity index (χ2v) is 5.16. The van der Waals surface area contributed by atoms with Gasteiger partial charge in [-0.3, -0.25) is 4.79 Å². The van der Waals surface area contributed by atoms with Crippen LogP contribution in [0.4, 0.5) is 0 Å². The average Bonchev–Trinajstić information content (AvgIpc) is 2.59. The Morgan fingerprint density at radius 3 is 2.43 bits per heavy atom. The number of nitrogens with zero attached hydrogens (tertiary/aromatic N) is 1. The smallest absolute Gasteiger partial charge is 0.326 e. The van der Waals surface area contributed by atoms with Crippen molar-refractivity contribution in [3.63, 3.8) is 0 Å². The van der Waals surface area contributed by atoms with Crippen molar-refractivity contribution in [2.45, 2.75) is 19.5 Å². The molecule has 0 bridgehead atoms. The van der Waals surface area contributed by atoms with E-state index < -0.39 is 12.0 Å². The summed E-state index contributed by atoms with van der Waals surface area (Å²) in [5, 5.41) is 9.31. The molecule has 2 rings (SSSR count). The highest BCUT2D eigenvalue weighted by atomic mass is 16.5. The maximum absolute atomic E-state index is 12.8. The van der Waals surface area contributed by atoms with Crippen molar-refractivity contribution in [1.29, 1.82) is 0 Å². The van der Waals surface area contributed by atoms with Crippen LogP contribution in [0, 0.1) is 0 Å². The highest BCUT2D eigenvalue weighted by Crippen LogP contribution is 2.18. The van der Waals surface area contributed by atoms with Gasteiger partial charge in [0.1, 0.15) is 11.8 Å². The molecule has 120 valence electrons. The van der Waals surface area contributed by atoms with E-state index in [9.17, 15) is 14.7 Å². The minimum absolute atomic E-state index is 0.227. The van der Waals surface area contributed by atoms with E-state index >= 15 is 0 Å². The number of methoxy groups -OCH3 is 1. The summed E-state index contributed by atoms with van der Waals surface area (Å²) < 4.78 is 5.12. The first kappa shape index (κ1) is 16.5. The lowest BCUT2D eigenvalue weighted by molar-refractivity contribution is -0.141. The van der Waals surface area contributed by atoms with Crippen molar-refractivity contribution >= 4 is 11.9 Å². The van der Waals surface area contributed by atoms with Gasteiger partial charge in [0.25, 0.3) is 5.91 Å². The Bertz CT molecular complexity index is 684. The molecular weight excluding hydrogens is 294 g/mol. The minimum Gasteiger partial charge on any atom is -0.497 e. The van der Waals surface area contributed by atoms with E-state index in [4.69, 9.17) is 4.74 Å². The molecule has 23 heavy (non-hydrogen) atoms. The number of carboxylic acids is 1. The molecule has 0 aromatic heterocycles. The molecule has 0 radical (unpaired) electrons. The van der Waals surface area contributed by atoms with Gasteiger partial charge >= 0.3 is 5.97 Å². The molecule has 0 fully saturated rings. The zero-order valence-corrected chi connectivity index (χ0v) is 13.1. The van der Waals surface area contributed by atoms with Gasteiger partial charge < -0.3 is 14.7 Å². The molecule has 1 unspecified atom stereocenters. The normalized spacial score (nSPS) is 11.6. The summed E-state index contributed by atoms with van der Waals surface area (Å²) in [7, 11) is 1.52. The van der Waals surface area contributed by atoms with E-state index in [-0.39, 0.29) is 12.5 Å². The first-order valence-electron chi connectivity index (χ1n) is 7.24. The summed E-state index contributed by atoms with van der Waals surface area (Å²) in [4.78, 5) is 25.5. The summed E-state index contributed by atoms with van der Waals surface area (Å²) in [6, 6.07) is 15.1. The number of benzene rings is 2. The first-order valence-corrected chi connectivity index (χ1v) is 7.24. The third-order valence-corrected chi connectivity index (χ3v) is 3.60. The highest BCUT2D eigenvalue weighted by molar-refractivity contribution is 5.96. The van der Waals surface area contributed by atoms with Crippen LogP contribution in [0.25, 0.3) is 0 Å². The Balaban J connectivity index is 2.32. The highest BCUT2D eigenvalue weighted by Gasteiger charge is 2.26. The van der Waals surface area contributed by atoms with E-state index in [2.05, 4.69) is 0 Å². The number of carbonyl (C=O) groups excluding carboxylic acids is 1. The number of hydrogen-bond donors (Lipinski definition) is 1. The molecule has 1 amide bonds. The third kappa shape index (κ3) is 4.10. The van der Waals surface area contributed by atoms with Crippen LogP contribution >= 0.6 is 0 Å². The topological polar surface area (TPSA) is 66.8 Å². The van der Waals surface area contributed by atoms with Crippen molar-refractivity contribution in [3.05, 3.63) is 65.7 Å². The van der Waals surface area contributed by atoms with Crippen molar-refractivity contribution in [1.82, 2.24) is 4.90 Å². The Labute approximate surface area is 135 Å². The van der Waals surface area contributed by atoms with Gasteiger partial charge in [-0.1, -0.05) is 36.4 Å². The van der Waals surface area contributed by atoms with Gasteiger partial charge in [-0.25, -0.2) is 4.79 Å². The summed E-state index contributed by atoms with van der Waals surface area (Å²) in [5.74, 6) is -0.835. The summed E-state index contributed by atoms with van der Waals surface area (Å²) in [6.45, 7) is 1.73. The van der Waals surface area contributed by atoms with Gasteiger partial charge in [0, 0.05) is 12.1 Å². The van der Waals surface area contributed by atoms with E-state index in [0.29, 0.717) is 11.3 Å². The molecule has 2 aromatic carbocycles. The van der Waals surface area contributed by atoms with Gasteiger partial charge in [-0.05, 0) is 30.7 Å². The van der Waals surface area contributed by atoms with Crippen LogP contribution in [-0.2, 0) is 11.3 Å². The first-order chi connectivity index (χ1) is 11.0. The van der Waals surface area contributed by atoms with Gasteiger partial charge in [0.05, 0.1) is 7.11 Å². The molecule has 0 heterocycles. The second-order valence-electron chi connectivity index (χ2n) is 5.16. The fraction of sp³-hybridized carbons (Fsp3) is 0.222. The molecule has 0 aliphatic carbocycles. The maximum atomic E-state index is 12.8. The second kappa shape index (κ2) is 7.45. The molecule has 0 aliphatic rings. The van der Waals surface area contributed by atoms with Crippen LogP contribution in [0.1, 0.15) is 22.8 Å². The number of hydrogen-bond acceptors (Lipinski definition) is 3. The SMILES string of the molecule is COc1cccc(C(=O)N(Cc2ccccc2)C(C)C(=O)O)c1. The molecule has 0 aliphatic heterocycles. The lowest BCUT2D eigenvalue weighted by Crippen LogP contribution is -2.42. The number of aliphatic carboxylic acids is 1. The fourth-order valence-corrected chi connectivity index (χ4v) is 2.22. The Kier molecular flexibility index (Phi) is 5.36. The quantitative estimate of drug-likeness (QED) is 0.890. The monoisotopic (exact) mass is 313 g/mol. The van der Waals surface area contributed by atoms with Crippen molar-refractivity contribution in [2.75, 3.05) is 7.11 Å². The molecule has 2 aromatic rings. The van der Waals surface area contributed by atoms with Gasteiger partial charge in [0.15, 0.2) is 0 Å². The summed E-state index contributed by atoms with van der Waals surface area (Å²) in [5.41, 5.74) is 1.27. The zero-order chi connectivity index (χ0) is 16.8. The molecule has 1 atom stereocenters. The molecule has 0 spiro atoms. The Hall–Kier alpha value is -2.82. The zero-order valence-electron chi connectivity index (χ0n) is 13.1. The number of carbonyl (C=O) groups is 2. The van der Waals surface area contributed by atoms with Crippen LogP contribution in [0.5, 0.6) is 5.75 Å². The van der Waals surface area contributed by atoms with E-state index in [1.807, 2.05) is 30.3 Å². The van der Waals surface area contributed by atoms with Crippen LogP contribution in [0.15, 0.2) is 54.6 Å². The van der Waals surface area contributed by atoms with E-state index in [0.717, 1.165) is 5.56 Å². The largest absolute Gasteiger partial charge is 0.497 e. The predicted molar refractivity (Wildman–Crippen MR) is 86.4 cm³/mol. The minimum atomic E-state index is -1.04. The van der Waals surface area contributed by atoms with Crippen molar-refractivity contribution in [2.24, 2.45) is 0 Å². The molecular formula is C18H19NO4. The van der Waals surface area contributed by atoms with Crippen LogP contribution in [0.2, 0.25) is 0 Å². The van der Waals surface area contributed by atoms with E-state index in [1.54, 1.807) is 24.3 Å². The number of carboxylic acid groups (broad SMARTS) is 1. The summed E-state index contributed by atoms with van der Waals surface area (Å²) >= 11 is 0. The average molecular weight is 313 g/mol. The van der Waals surface area contributed by atoms with Crippen molar-refractivity contribution < 1.29 is 19.4 Å². The standard InChI is InChI=1S/C18H19NO4/c1-13(18(21)22)19(12-14-7-4-3-5-8-14)17(20)15-9-6-10-16(11-15)23-2/h3-11,13H,12H2,1-2H3,(H,21,22). The van der Waals surface area contributed by atoms with Gasteiger partial charge in [-0.15, -0.1) is 0 Å². The molecule has 0 saturated carbocycles. The number of amides is 1. The number of ether oxygens (including phenoxy) is 1. The molecule has 5 heteroatoms. The van der Waals surface area contributed by atoms with Crippen LogP contribution in [-0.4, -0.2) is 35.0 Å². The lowest BCUT2D eigenvalue weighted by Gasteiger charge is -2.27. The maximum Gasteiger partial charge on any atom is 0.326 e. The molecule has 5 nitrogen and oxygen atoms in total. The fourth-order valence-electron chi connectivity index (χ4n) is 2.22. The van der Waals surface area contributed by atoms with Gasteiger partial charge in [-0.2, -0.15) is 0 Å². The van der Waals surface area contributed by atoms with Crippen LogP contribution in [0.3, 0.4) is 0 Å². The van der Waals surface area contributed by atoms with Crippen LogP contribution < -0.4 is 4.74 Å². The molecule has 0 saturated heterocycles. The van der Waals surface area contributed by atoms with E-state index in [1.165, 1.54) is 18.9 Å². The number of rotatable bonds is 6. The lowest BCUT2D eigenvalue weighted by atomic mass is 10.1. The van der Waals surface area contributed by atoms with Crippen molar-refractivity contribution in [3.8, 4) is 5.75 Å². The molecule has 1 N–H and O–H groups in total. The predicted octanol–water partition coefficient (Wildman–Crippen LogP) is 2.81. The Morgan fingerprint density at radius 1 is 1.13 bits per heavy atom. The van der Waals surface area contributed by atoms with Gasteiger partial charge in [0.2, 0.25) is 0 Å². The Morgan fingerprint density at radius 2 is 1.83 bits per heavy atom.